The van der Waals surface area contributed by atoms with Gasteiger partial charge in [-0.2, -0.15) is 13.2 Å². The highest BCUT2D eigenvalue weighted by atomic mass is 35.5. The number of fused-ring (bicyclic) bond motifs is 2. The summed E-state index contributed by atoms with van der Waals surface area (Å²) in [6, 6.07) is 5.85. The minimum Gasteiger partial charge on any atom is -0.335 e. The van der Waals surface area contributed by atoms with Gasteiger partial charge in [-0.25, -0.2) is 0 Å². The van der Waals surface area contributed by atoms with E-state index in [0.717, 1.165) is 6.07 Å². The van der Waals surface area contributed by atoms with Crippen LogP contribution in [0.1, 0.15) is 52.8 Å². The molecule has 1 aromatic heterocycles. The van der Waals surface area contributed by atoms with Crippen LogP contribution in [-0.2, 0) is 12.6 Å². The third-order valence-electron chi connectivity index (χ3n) is 6.56. The Balaban J connectivity index is 1.31. The lowest BCUT2D eigenvalue weighted by molar-refractivity contribution is -0.138. The van der Waals surface area contributed by atoms with Gasteiger partial charge in [0.05, 0.1) is 5.56 Å². The normalized spacial score (nSPS) is 25.8. The van der Waals surface area contributed by atoms with E-state index in [4.69, 9.17) is 11.6 Å². The number of likely N-dealkylation sites (tertiary alicyclic amines) is 1. The summed E-state index contributed by atoms with van der Waals surface area (Å²) in [7, 11) is 0. The van der Waals surface area contributed by atoms with Gasteiger partial charge in [-0.3, -0.25) is 9.36 Å². The standard InChI is InChI=1S/C21H20ClF3N4O/c22-15-5-6-18-26-27-19(29(18)11-15)20(30)28-9-13-7-12(8-14(13)10-28)16-3-1-2-4-17(16)21(23,24)25/h1-4,11-14H,5-10H2/t12-,13-,14+. The number of aryl methyl sites for hydroxylation is 1. The highest BCUT2D eigenvalue weighted by molar-refractivity contribution is 6.31. The van der Waals surface area contributed by atoms with Crippen LogP contribution >= 0.6 is 11.6 Å². The van der Waals surface area contributed by atoms with Gasteiger partial charge in [0, 0.05) is 30.7 Å². The van der Waals surface area contributed by atoms with Crippen molar-refractivity contribution in [2.45, 2.75) is 37.8 Å². The predicted octanol–water partition coefficient (Wildman–Crippen LogP) is 4.55. The summed E-state index contributed by atoms with van der Waals surface area (Å²) >= 11 is 6.11. The molecule has 0 spiro atoms. The molecule has 0 radical (unpaired) electrons. The zero-order chi connectivity index (χ0) is 21.0. The number of halogens is 4. The van der Waals surface area contributed by atoms with Gasteiger partial charge in [0.2, 0.25) is 5.82 Å². The number of nitrogens with zero attached hydrogens (tertiary/aromatic N) is 4. The van der Waals surface area contributed by atoms with Crippen LogP contribution < -0.4 is 0 Å². The Hall–Kier alpha value is -2.35. The maximum atomic E-state index is 13.4. The molecule has 1 amide bonds. The van der Waals surface area contributed by atoms with E-state index >= 15 is 0 Å². The van der Waals surface area contributed by atoms with Crippen LogP contribution in [0.5, 0.6) is 0 Å². The maximum absolute atomic E-state index is 13.4. The Bertz CT molecular complexity index is 1020. The summed E-state index contributed by atoms with van der Waals surface area (Å²) in [6.45, 7) is 1.07. The number of hydrogen-bond acceptors (Lipinski definition) is 3. The fourth-order valence-corrected chi connectivity index (χ4v) is 5.38. The molecule has 0 unspecified atom stereocenters. The van der Waals surface area contributed by atoms with Gasteiger partial charge in [0.25, 0.3) is 5.91 Å². The van der Waals surface area contributed by atoms with E-state index in [2.05, 4.69) is 10.2 Å². The van der Waals surface area contributed by atoms with Gasteiger partial charge in [-0.15, -0.1) is 10.2 Å². The quantitative estimate of drug-likeness (QED) is 0.694. The number of aromatic nitrogens is 3. The number of amides is 1. The second kappa shape index (κ2) is 7.11. The minimum absolute atomic E-state index is 0.127. The first-order valence-corrected chi connectivity index (χ1v) is 10.4. The van der Waals surface area contributed by atoms with Crippen molar-refractivity contribution in [1.29, 1.82) is 0 Å². The van der Waals surface area contributed by atoms with Gasteiger partial charge < -0.3 is 4.90 Å². The number of allylic oxidation sites excluding steroid dienone is 1. The topological polar surface area (TPSA) is 51.0 Å². The molecular formula is C21H20ClF3N4O. The minimum atomic E-state index is -4.35. The number of alkyl halides is 3. The molecule has 1 aliphatic carbocycles. The van der Waals surface area contributed by atoms with Crippen LogP contribution in [-0.4, -0.2) is 38.7 Å². The molecule has 158 valence electrons. The average Bonchev–Trinajstić information content (AvgIpc) is 3.39. The third kappa shape index (κ3) is 3.31. The van der Waals surface area contributed by atoms with E-state index < -0.39 is 11.7 Å². The van der Waals surface area contributed by atoms with Crippen LogP contribution in [0.4, 0.5) is 13.2 Å². The van der Waals surface area contributed by atoms with Crippen molar-refractivity contribution in [3.8, 4) is 0 Å². The molecule has 1 aromatic carbocycles. The number of rotatable bonds is 2. The first-order chi connectivity index (χ1) is 14.3. The van der Waals surface area contributed by atoms with Crippen LogP contribution in [0.2, 0.25) is 0 Å². The van der Waals surface area contributed by atoms with E-state index in [1.54, 1.807) is 27.8 Å². The smallest absolute Gasteiger partial charge is 0.335 e. The summed E-state index contributed by atoms with van der Waals surface area (Å²) in [5.74, 6) is 1.04. The molecule has 3 atom stereocenters. The molecular weight excluding hydrogens is 417 g/mol. The summed E-state index contributed by atoms with van der Waals surface area (Å²) in [5, 5.41) is 8.81. The van der Waals surface area contributed by atoms with Crippen molar-refractivity contribution in [2.24, 2.45) is 11.8 Å². The van der Waals surface area contributed by atoms with Crippen molar-refractivity contribution in [1.82, 2.24) is 19.7 Å². The number of benzene rings is 1. The lowest BCUT2D eigenvalue weighted by atomic mass is 9.91. The first-order valence-electron chi connectivity index (χ1n) is 10.1. The van der Waals surface area contributed by atoms with Gasteiger partial charge in [-0.1, -0.05) is 29.8 Å². The van der Waals surface area contributed by atoms with Crippen molar-refractivity contribution in [3.63, 3.8) is 0 Å². The fourth-order valence-electron chi connectivity index (χ4n) is 5.18. The van der Waals surface area contributed by atoms with Crippen molar-refractivity contribution >= 4 is 23.7 Å². The Morgan fingerprint density at radius 2 is 1.77 bits per heavy atom. The monoisotopic (exact) mass is 436 g/mol. The predicted molar refractivity (Wildman–Crippen MR) is 105 cm³/mol. The fraction of sp³-hybridized carbons (Fsp3) is 0.476. The average molecular weight is 437 g/mol. The molecule has 2 aromatic rings. The molecule has 0 N–H and O–H groups in total. The molecule has 2 aliphatic heterocycles. The number of carbonyl (C=O) groups is 1. The summed E-state index contributed by atoms with van der Waals surface area (Å²) in [6.07, 6.45) is -0.0212. The Labute approximate surface area is 176 Å². The maximum Gasteiger partial charge on any atom is 0.416 e. The van der Waals surface area contributed by atoms with Crippen LogP contribution in [0.25, 0.3) is 6.20 Å². The zero-order valence-electron chi connectivity index (χ0n) is 16.1. The van der Waals surface area contributed by atoms with Crippen LogP contribution in [0.15, 0.2) is 29.3 Å². The van der Waals surface area contributed by atoms with E-state index in [1.807, 2.05) is 0 Å². The highest BCUT2D eigenvalue weighted by Gasteiger charge is 2.45. The molecule has 3 heterocycles. The molecule has 5 nitrogen and oxygen atoms in total. The van der Waals surface area contributed by atoms with Crippen molar-refractivity contribution in [3.05, 3.63) is 52.1 Å². The van der Waals surface area contributed by atoms with E-state index in [0.29, 0.717) is 55.2 Å². The highest BCUT2D eigenvalue weighted by Crippen LogP contribution is 2.49. The van der Waals surface area contributed by atoms with Crippen LogP contribution in [0, 0.1) is 11.8 Å². The SMILES string of the molecule is O=C(c1nnc2n1C=C(Cl)CC2)N1C[C@H]2C[C@@H](c3ccccc3C(F)(F)F)C[C@H]2C1. The Morgan fingerprint density at radius 1 is 1.07 bits per heavy atom. The molecule has 9 heteroatoms. The summed E-state index contributed by atoms with van der Waals surface area (Å²) in [5.41, 5.74) is -0.162. The summed E-state index contributed by atoms with van der Waals surface area (Å²) in [4.78, 5) is 14.8. The van der Waals surface area contributed by atoms with E-state index in [1.165, 1.54) is 6.07 Å². The van der Waals surface area contributed by atoms with Crippen molar-refractivity contribution < 1.29 is 18.0 Å². The molecule has 2 fully saturated rings. The second-order valence-electron chi connectivity index (χ2n) is 8.37. The van der Waals surface area contributed by atoms with Gasteiger partial charge >= 0.3 is 6.18 Å². The first kappa shape index (κ1) is 19.6. The van der Waals surface area contributed by atoms with E-state index in [-0.39, 0.29) is 29.5 Å². The Kier molecular flexibility index (Phi) is 4.65. The molecule has 3 aliphatic rings. The van der Waals surface area contributed by atoms with Crippen molar-refractivity contribution in [2.75, 3.05) is 13.1 Å². The molecule has 5 rings (SSSR count). The lowest BCUT2D eigenvalue weighted by Crippen LogP contribution is -2.32. The van der Waals surface area contributed by atoms with Gasteiger partial charge in [0.1, 0.15) is 5.82 Å². The zero-order valence-corrected chi connectivity index (χ0v) is 16.8. The third-order valence-corrected chi connectivity index (χ3v) is 6.85. The lowest BCUT2D eigenvalue weighted by Gasteiger charge is -2.21. The molecule has 30 heavy (non-hydrogen) atoms. The number of carbonyl (C=O) groups excluding carboxylic acids is 1. The van der Waals surface area contributed by atoms with Crippen LogP contribution in [0.3, 0.4) is 0 Å². The number of hydrogen-bond donors (Lipinski definition) is 0. The largest absolute Gasteiger partial charge is 0.416 e. The summed E-state index contributed by atoms with van der Waals surface area (Å²) < 4.78 is 41.9. The van der Waals surface area contributed by atoms with Gasteiger partial charge in [-0.05, 0) is 48.6 Å². The molecule has 1 saturated heterocycles. The molecule has 1 saturated carbocycles. The van der Waals surface area contributed by atoms with E-state index in [9.17, 15) is 18.0 Å². The van der Waals surface area contributed by atoms with Gasteiger partial charge in [0.15, 0.2) is 0 Å². The Morgan fingerprint density at radius 3 is 2.47 bits per heavy atom. The molecule has 0 bridgehead atoms. The second-order valence-corrected chi connectivity index (χ2v) is 8.85.